The Kier molecular flexibility index (Phi) is 5.46. The van der Waals surface area contributed by atoms with Gasteiger partial charge in [-0.1, -0.05) is 37.6 Å². The van der Waals surface area contributed by atoms with Crippen molar-refractivity contribution in [3.05, 3.63) is 51.2 Å². The number of benzene rings is 1. The normalized spacial score (nSPS) is 14.0. The molecule has 2 N–H and O–H groups in total. The molecule has 2 aromatic rings. The predicted molar refractivity (Wildman–Crippen MR) is 86.8 cm³/mol. The molecule has 108 valence electrons. The summed E-state index contributed by atoms with van der Waals surface area (Å²) in [4.78, 5) is 1.08. The Hall–Kier alpha value is -1.03. The topological polar surface area (TPSA) is 35.2 Å². The third-order valence-electron chi connectivity index (χ3n) is 3.30. The zero-order valence-electron chi connectivity index (χ0n) is 11.8. The van der Waals surface area contributed by atoms with Crippen molar-refractivity contribution in [1.82, 2.24) is 0 Å². The molecule has 2 unspecified atom stereocenters. The molecule has 0 saturated heterocycles. The van der Waals surface area contributed by atoms with Crippen LogP contribution in [0, 0.1) is 0 Å². The number of hydrogen-bond donors (Lipinski definition) is 1. The van der Waals surface area contributed by atoms with Crippen LogP contribution < -0.4 is 10.5 Å². The third-order valence-corrected chi connectivity index (χ3v) is 4.60. The summed E-state index contributed by atoms with van der Waals surface area (Å²) < 4.78 is 6.90. The van der Waals surface area contributed by atoms with Crippen molar-refractivity contribution < 1.29 is 4.74 Å². The fourth-order valence-corrected chi connectivity index (χ4v) is 3.20. The van der Waals surface area contributed by atoms with E-state index in [1.54, 1.807) is 0 Å². The molecule has 2 nitrogen and oxygen atoms in total. The molecular weight excluding hydrogens is 290 g/mol. The smallest absolute Gasteiger partial charge is 0.148 e. The third kappa shape index (κ3) is 3.75. The Balaban J connectivity index is 2.23. The maximum atomic E-state index is 6.22. The van der Waals surface area contributed by atoms with E-state index in [4.69, 9.17) is 22.1 Å². The van der Waals surface area contributed by atoms with E-state index in [2.05, 4.69) is 26.0 Å². The van der Waals surface area contributed by atoms with Gasteiger partial charge in [-0.05, 0) is 42.7 Å². The second-order valence-corrected chi connectivity index (χ2v) is 6.50. The van der Waals surface area contributed by atoms with Gasteiger partial charge in [0.2, 0.25) is 0 Å². The summed E-state index contributed by atoms with van der Waals surface area (Å²) in [6.07, 6.45) is 1.70. The number of thiophene rings is 1. The molecule has 0 bridgehead atoms. The van der Waals surface area contributed by atoms with Gasteiger partial charge in [0.25, 0.3) is 0 Å². The molecule has 4 heteroatoms. The maximum Gasteiger partial charge on any atom is 0.148 e. The maximum absolute atomic E-state index is 6.22. The molecule has 1 heterocycles. The molecular formula is C16H20ClNOS. The zero-order valence-corrected chi connectivity index (χ0v) is 13.4. The average molecular weight is 310 g/mol. The van der Waals surface area contributed by atoms with Gasteiger partial charge in [0, 0.05) is 10.9 Å². The number of halogens is 1. The van der Waals surface area contributed by atoms with Crippen LogP contribution in [0.15, 0.2) is 36.4 Å². The summed E-state index contributed by atoms with van der Waals surface area (Å²) in [5.41, 5.74) is 7.48. The molecule has 20 heavy (non-hydrogen) atoms. The first kappa shape index (κ1) is 15.4. The first-order valence-electron chi connectivity index (χ1n) is 6.90. The SMILES string of the molecule is CCc1cccc(OC(c2ccc(Cl)s2)C(N)CC)c1. The standard InChI is InChI=1S/C16H20ClNOS/c1-3-11-6-5-7-12(10-11)19-16(13(18)4-2)14-8-9-15(17)20-14/h5-10,13,16H,3-4,18H2,1-2H3. The van der Waals surface area contributed by atoms with E-state index >= 15 is 0 Å². The molecule has 0 amide bonds. The van der Waals surface area contributed by atoms with E-state index in [0.29, 0.717) is 0 Å². The van der Waals surface area contributed by atoms with Crippen LogP contribution >= 0.6 is 22.9 Å². The van der Waals surface area contributed by atoms with Crippen LogP contribution in [0.25, 0.3) is 0 Å². The summed E-state index contributed by atoms with van der Waals surface area (Å²) in [7, 11) is 0. The molecule has 0 saturated carbocycles. The summed E-state index contributed by atoms with van der Waals surface area (Å²) >= 11 is 7.55. The second kappa shape index (κ2) is 7.11. The summed E-state index contributed by atoms with van der Waals surface area (Å²) in [5.74, 6) is 0.864. The lowest BCUT2D eigenvalue weighted by Gasteiger charge is -2.23. The first-order chi connectivity index (χ1) is 9.63. The predicted octanol–water partition coefficient (Wildman–Crippen LogP) is 4.82. The van der Waals surface area contributed by atoms with Gasteiger partial charge in [0.15, 0.2) is 0 Å². The summed E-state index contributed by atoms with van der Waals surface area (Å²) in [6.45, 7) is 4.20. The van der Waals surface area contributed by atoms with Gasteiger partial charge in [-0.25, -0.2) is 0 Å². The van der Waals surface area contributed by atoms with Crippen LogP contribution in [0.1, 0.15) is 36.8 Å². The first-order valence-corrected chi connectivity index (χ1v) is 8.09. The lowest BCUT2D eigenvalue weighted by atomic mass is 10.1. The highest BCUT2D eigenvalue weighted by Gasteiger charge is 2.22. The Morgan fingerprint density at radius 1 is 1.25 bits per heavy atom. The van der Waals surface area contributed by atoms with E-state index in [9.17, 15) is 0 Å². The molecule has 0 radical (unpaired) electrons. The van der Waals surface area contributed by atoms with Crippen LogP contribution in [0.2, 0.25) is 4.34 Å². The van der Waals surface area contributed by atoms with Gasteiger partial charge in [-0.2, -0.15) is 0 Å². The zero-order chi connectivity index (χ0) is 14.5. The molecule has 2 rings (SSSR count). The van der Waals surface area contributed by atoms with Crippen molar-refractivity contribution in [2.45, 2.75) is 38.8 Å². The molecule has 0 aliphatic rings. The molecule has 0 fully saturated rings. The number of rotatable bonds is 6. The average Bonchev–Trinajstić information content (AvgIpc) is 2.90. The quantitative estimate of drug-likeness (QED) is 0.830. The Morgan fingerprint density at radius 3 is 2.65 bits per heavy atom. The van der Waals surface area contributed by atoms with Crippen molar-refractivity contribution in [3.63, 3.8) is 0 Å². The van der Waals surface area contributed by atoms with E-state index in [1.165, 1.54) is 16.9 Å². The van der Waals surface area contributed by atoms with E-state index in [0.717, 1.165) is 27.8 Å². The molecule has 2 atom stereocenters. The van der Waals surface area contributed by atoms with Crippen molar-refractivity contribution in [3.8, 4) is 5.75 Å². The van der Waals surface area contributed by atoms with Gasteiger partial charge in [-0.15, -0.1) is 11.3 Å². The monoisotopic (exact) mass is 309 g/mol. The van der Waals surface area contributed by atoms with Gasteiger partial charge in [0.1, 0.15) is 11.9 Å². The highest BCUT2D eigenvalue weighted by molar-refractivity contribution is 7.16. The van der Waals surface area contributed by atoms with Crippen LogP contribution in [-0.4, -0.2) is 6.04 Å². The molecule has 0 aliphatic heterocycles. The second-order valence-electron chi connectivity index (χ2n) is 4.75. The van der Waals surface area contributed by atoms with Gasteiger partial charge >= 0.3 is 0 Å². The van der Waals surface area contributed by atoms with Crippen LogP contribution in [-0.2, 0) is 6.42 Å². The molecule has 1 aromatic carbocycles. The number of ether oxygens (including phenoxy) is 1. The number of aryl methyl sites for hydroxylation is 1. The Morgan fingerprint density at radius 2 is 2.05 bits per heavy atom. The van der Waals surface area contributed by atoms with Crippen LogP contribution in [0.5, 0.6) is 5.75 Å². The van der Waals surface area contributed by atoms with Crippen LogP contribution in [0.3, 0.4) is 0 Å². The van der Waals surface area contributed by atoms with Crippen molar-refractivity contribution in [1.29, 1.82) is 0 Å². The highest BCUT2D eigenvalue weighted by atomic mass is 35.5. The molecule has 0 aliphatic carbocycles. The van der Waals surface area contributed by atoms with Crippen molar-refractivity contribution in [2.75, 3.05) is 0 Å². The van der Waals surface area contributed by atoms with Gasteiger partial charge in [0.05, 0.1) is 4.34 Å². The van der Waals surface area contributed by atoms with Gasteiger partial charge < -0.3 is 10.5 Å². The van der Waals surface area contributed by atoms with Crippen molar-refractivity contribution >= 4 is 22.9 Å². The van der Waals surface area contributed by atoms with E-state index in [-0.39, 0.29) is 12.1 Å². The van der Waals surface area contributed by atoms with E-state index in [1.807, 2.05) is 24.3 Å². The van der Waals surface area contributed by atoms with Gasteiger partial charge in [-0.3, -0.25) is 0 Å². The summed E-state index contributed by atoms with van der Waals surface area (Å²) in [6, 6.07) is 12.0. The fourth-order valence-electron chi connectivity index (χ4n) is 2.04. The van der Waals surface area contributed by atoms with Crippen molar-refractivity contribution in [2.24, 2.45) is 5.73 Å². The lowest BCUT2D eigenvalue weighted by molar-refractivity contribution is 0.174. The Labute approximate surface area is 129 Å². The summed E-state index contributed by atoms with van der Waals surface area (Å²) in [5, 5.41) is 0. The largest absolute Gasteiger partial charge is 0.483 e. The fraction of sp³-hybridized carbons (Fsp3) is 0.375. The Bertz CT molecular complexity index is 555. The minimum Gasteiger partial charge on any atom is -0.483 e. The molecule has 0 spiro atoms. The highest BCUT2D eigenvalue weighted by Crippen LogP contribution is 2.32. The van der Waals surface area contributed by atoms with E-state index < -0.39 is 0 Å². The molecule has 1 aromatic heterocycles. The number of nitrogens with two attached hydrogens (primary N) is 1. The number of hydrogen-bond acceptors (Lipinski definition) is 3. The minimum absolute atomic E-state index is 0.0463. The lowest BCUT2D eigenvalue weighted by Crippen LogP contribution is -2.30. The van der Waals surface area contributed by atoms with Crippen LogP contribution in [0.4, 0.5) is 0 Å². The minimum atomic E-state index is -0.149.